The molecule has 5 heteroatoms. The molecule has 0 rings (SSSR count). The Balaban J connectivity index is 3.67. The Morgan fingerprint density at radius 2 is 2.00 bits per heavy atom. The van der Waals surface area contributed by atoms with Crippen molar-refractivity contribution in [1.29, 1.82) is 0 Å². The minimum atomic E-state index is -2.41. The van der Waals surface area contributed by atoms with Crippen LogP contribution in [0.3, 0.4) is 0 Å². The molecule has 0 aliphatic rings. The molecule has 86 valence electrons. The SMILES string of the molecule is CC(C)COP(C)(=O)SCCN(C)C. The number of rotatable bonds is 7. The summed E-state index contributed by atoms with van der Waals surface area (Å²) in [4.78, 5) is 2.08. The molecule has 0 bridgehead atoms. The maximum absolute atomic E-state index is 11.8. The first-order chi connectivity index (χ1) is 6.33. The molecule has 0 amide bonds. The second-order valence-electron chi connectivity index (χ2n) is 4.10. The van der Waals surface area contributed by atoms with Gasteiger partial charge in [0.25, 0.3) is 6.57 Å². The van der Waals surface area contributed by atoms with Gasteiger partial charge >= 0.3 is 0 Å². The van der Waals surface area contributed by atoms with Crippen LogP contribution in [-0.2, 0) is 9.09 Å². The van der Waals surface area contributed by atoms with Crippen LogP contribution in [0.2, 0.25) is 0 Å². The molecule has 14 heavy (non-hydrogen) atoms. The van der Waals surface area contributed by atoms with Gasteiger partial charge in [-0.2, -0.15) is 0 Å². The quantitative estimate of drug-likeness (QED) is 0.639. The highest BCUT2D eigenvalue weighted by atomic mass is 32.7. The van der Waals surface area contributed by atoms with E-state index in [1.807, 2.05) is 14.1 Å². The Morgan fingerprint density at radius 1 is 1.43 bits per heavy atom. The third kappa shape index (κ3) is 9.07. The van der Waals surface area contributed by atoms with Crippen LogP contribution in [0.4, 0.5) is 0 Å². The second kappa shape index (κ2) is 6.89. The summed E-state index contributed by atoms with van der Waals surface area (Å²) in [5.74, 6) is 1.30. The molecule has 0 saturated heterocycles. The Hall–Kier alpha value is 0.500. The molecule has 0 heterocycles. The molecule has 0 spiro atoms. The maximum Gasteiger partial charge on any atom is 0.254 e. The van der Waals surface area contributed by atoms with E-state index in [0.29, 0.717) is 12.5 Å². The zero-order valence-electron chi connectivity index (χ0n) is 9.82. The molecule has 0 aliphatic carbocycles. The molecule has 0 aliphatic heterocycles. The average Bonchev–Trinajstić information content (AvgIpc) is 2.00. The van der Waals surface area contributed by atoms with Crippen LogP contribution in [0.1, 0.15) is 13.8 Å². The van der Waals surface area contributed by atoms with Crippen molar-refractivity contribution in [2.45, 2.75) is 13.8 Å². The minimum Gasteiger partial charge on any atom is -0.321 e. The Labute approximate surface area is 91.8 Å². The molecular formula is C9H22NO2PS. The van der Waals surface area contributed by atoms with Gasteiger partial charge < -0.3 is 9.42 Å². The van der Waals surface area contributed by atoms with Gasteiger partial charge in [0.15, 0.2) is 0 Å². The van der Waals surface area contributed by atoms with Gasteiger partial charge in [-0.25, -0.2) is 0 Å². The predicted molar refractivity (Wildman–Crippen MR) is 65.3 cm³/mol. The normalized spacial score (nSPS) is 16.2. The van der Waals surface area contributed by atoms with Crippen LogP contribution in [0, 0.1) is 5.92 Å². The lowest BCUT2D eigenvalue weighted by molar-refractivity contribution is 0.282. The van der Waals surface area contributed by atoms with Crippen molar-refractivity contribution in [3.8, 4) is 0 Å². The van der Waals surface area contributed by atoms with Crippen molar-refractivity contribution in [3.05, 3.63) is 0 Å². The number of nitrogens with zero attached hydrogens (tertiary/aromatic N) is 1. The highest BCUT2D eigenvalue weighted by molar-refractivity contribution is 8.56. The summed E-state index contributed by atoms with van der Waals surface area (Å²) in [6.07, 6.45) is 0. The summed E-state index contributed by atoms with van der Waals surface area (Å²) in [5, 5.41) is 0. The predicted octanol–water partition coefficient (Wildman–Crippen LogP) is 2.78. The van der Waals surface area contributed by atoms with Crippen LogP contribution in [0.25, 0.3) is 0 Å². The van der Waals surface area contributed by atoms with Crippen molar-refractivity contribution < 1.29 is 9.09 Å². The molecule has 0 fully saturated rings. The summed E-state index contributed by atoms with van der Waals surface area (Å²) in [7, 11) is 4.02. The monoisotopic (exact) mass is 239 g/mol. The first-order valence-electron chi connectivity index (χ1n) is 4.85. The van der Waals surface area contributed by atoms with Gasteiger partial charge in [0.2, 0.25) is 0 Å². The third-order valence-electron chi connectivity index (χ3n) is 1.51. The highest BCUT2D eigenvalue weighted by Crippen LogP contribution is 2.56. The Morgan fingerprint density at radius 3 is 2.43 bits per heavy atom. The molecule has 0 radical (unpaired) electrons. The molecule has 3 nitrogen and oxygen atoms in total. The van der Waals surface area contributed by atoms with Crippen LogP contribution in [0.5, 0.6) is 0 Å². The summed E-state index contributed by atoms with van der Waals surface area (Å²) in [6, 6.07) is 0. The summed E-state index contributed by atoms with van der Waals surface area (Å²) < 4.78 is 17.2. The van der Waals surface area contributed by atoms with E-state index >= 15 is 0 Å². The highest BCUT2D eigenvalue weighted by Gasteiger charge is 2.16. The summed E-state index contributed by atoms with van der Waals surface area (Å²) >= 11 is 1.44. The van der Waals surface area contributed by atoms with Gasteiger partial charge in [-0.15, -0.1) is 0 Å². The smallest absolute Gasteiger partial charge is 0.254 e. The molecule has 1 atom stereocenters. The first-order valence-corrected chi connectivity index (χ1v) is 8.51. The Bertz CT molecular complexity index is 197. The standard InChI is InChI=1S/C9H22NO2PS/c1-9(2)8-12-13(5,11)14-7-6-10(3)4/h9H,6-8H2,1-5H3. The second-order valence-corrected chi connectivity index (χ2v) is 9.33. The maximum atomic E-state index is 11.8. The lowest BCUT2D eigenvalue weighted by Crippen LogP contribution is -2.14. The van der Waals surface area contributed by atoms with Crippen molar-refractivity contribution in [2.24, 2.45) is 5.92 Å². The topological polar surface area (TPSA) is 29.5 Å². The van der Waals surface area contributed by atoms with E-state index in [4.69, 9.17) is 4.52 Å². The van der Waals surface area contributed by atoms with Gasteiger partial charge in [-0.05, 0) is 20.0 Å². The van der Waals surface area contributed by atoms with Gasteiger partial charge in [0, 0.05) is 19.0 Å². The molecule has 0 aromatic heterocycles. The van der Waals surface area contributed by atoms with E-state index in [-0.39, 0.29) is 0 Å². The molecular weight excluding hydrogens is 217 g/mol. The van der Waals surface area contributed by atoms with Gasteiger partial charge in [-0.3, -0.25) is 4.57 Å². The zero-order valence-corrected chi connectivity index (χ0v) is 11.5. The van der Waals surface area contributed by atoms with E-state index in [9.17, 15) is 4.57 Å². The lowest BCUT2D eigenvalue weighted by atomic mass is 10.2. The molecule has 0 aromatic rings. The fourth-order valence-electron chi connectivity index (χ4n) is 0.711. The molecule has 0 aromatic carbocycles. The summed E-state index contributed by atoms with van der Waals surface area (Å²) in [6.45, 7) is 4.94. The van der Waals surface area contributed by atoms with Crippen LogP contribution in [0.15, 0.2) is 0 Å². The minimum absolute atomic E-state index is 0.442. The zero-order chi connectivity index (χ0) is 11.2. The van der Waals surface area contributed by atoms with E-state index in [1.54, 1.807) is 6.66 Å². The molecule has 1 unspecified atom stereocenters. The van der Waals surface area contributed by atoms with E-state index in [0.717, 1.165) is 12.3 Å². The van der Waals surface area contributed by atoms with Gasteiger partial charge in [0.1, 0.15) is 0 Å². The van der Waals surface area contributed by atoms with Crippen molar-refractivity contribution in [3.63, 3.8) is 0 Å². The summed E-state index contributed by atoms with van der Waals surface area (Å²) in [5.41, 5.74) is 0. The Kier molecular flexibility index (Phi) is 7.13. The first kappa shape index (κ1) is 14.5. The fourth-order valence-corrected chi connectivity index (χ4v) is 3.78. The van der Waals surface area contributed by atoms with Crippen LogP contribution in [-0.4, -0.2) is 44.6 Å². The van der Waals surface area contributed by atoms with E-state index < -0.39 is 6.57 Å². The van der Waals surface area contributed by atoms with Gasteiger partial charge in [-0.1, -0.05) is 25.2 Å². The van der Waals surface area contributed by atoms with Crippen LogP contribution >= 0.6 is 18.0 Å². The third-order valence-corrected chi connectivity index (χ3v) is 5.23. The van der Waals surface area contributed by atoms with E-state index in [1.165, 1.54) is 11.4 Å². The van der Waals surface area contributed by atoms with Crippen molar-refractivity contribution >= 4 is 18.0 Å². The molecule has 0 N–H and O–H groups in total. The number of hydrogen-bond donors (Lipinski definition) is 0. The average molecular weight is 239 g/mol. The van der Waals surface area contributed by atoms with Crippen LogP contribution < -0.4 is 0 Å². The number of hydrogen-bond acceptors (Lipinski definition) is 4. The van der Waals surface area contributed by atoms with Gasteiger partial charge in [0.05, 0.1) is 6.61 Å². The fraction of sp³-hybridized carbons (Fsp3) is 1.00. The van der Waals surface area contributed by atoms with E-state index in [2.05, 4.69) is 18.7 Å². The van der Waals surface area contributed by atoms with Crippen molar-refractivity contribution in [1.82, 2.24) is 4.90 Å². The molecule has 0 saturated carbocycles. The largest absolute Gasteiger partial charge is 0.321 e. The van der Waals surface area contributed by atoms with Crippen molar-refractivity contribution in [2.75, 3.05) is 39.7 Å². The lowest BCUT2D eigenvalue weighted by Gasteiger charge is -2.16.